The van der Waals surface area contributed by atoms with E-state index in [0.717, 1.165) is 6.07 Å². The molecular formula is C16H9F3N2O. The SMILES string of the molecule is O=c1c2ccccc2nc2n1Cc1c-2cccc1C(F)(F)F. The fourth-order valence-electron chi connectivity index (χ4n) is 2.91. The summed E-state index contributed by atoms with van der Waals surface area (Å²) in [4.78, 5) is 16.9. The highest BCUT2D eigenvalue weighted by Gasteiger charge is 2.37. The predicted octanol–water partition coefficient (Wildman–Crippen LogP) is 3.44. The van der Waals surface area contributed by atoms with Crippen LogP contribution >= 0.6 is 0 Å². The van der Waals surface area contributed by atoms with E-state index in [-0.39, 0.29) is 17.7 Å². The van der Waals surface area contributed by atoms with Gasteiger partial charge in [0.25, 0.3) is 5.56 Å². The van der Waals surface area contributed by atoms with Crippen LogP contribution in [0.1, 0.15) is 11.1 Å². The summed E-state index contributed by atoms with van der Waals surface area (Å²) in [5.74, 6) is 0.296. The lowest BCUT2D eigenvalue weighted by atomic mass is 10.0. The van der Waals surface area contributed by atoms with Gasteiger partial charge < -0.3 is 0 Å². The van der Waals surface area contributed by atoms with Crippen molar-refractivity contribution < 1.29 is 13.2 Å². The summed E-state index contributed by atoms with van der Waals surface area (Å²) in [5, 5.41) is 0.410. The van der Waals surface area contributed by atoms with Gasteiger partial charge in [0, 0.05) is 5.56 Å². The minimum atomic E-state index is -4.45. The molecule has 6 heteroatoms. The van der Waals surface area contributed by atoms with Gasteiger partial charge in [0.15, 0.2) is 0 Å². The van der Waals surface area contributed by atoms with Crippen molar-refractivity contribution >= 4 is 10.9 Å². The molecule has 0 fully saturated rings. The van der Waals surface area contributed by atoms with Crippen molar-refractivity contribution in [3.8, 4) is 11.4 Å². The van der Waals surface area contributed by atoms with Gasteiger partial charge in [-0.2, -0.15) is 13.2 Å². The van der Waals surface area contributed by atoms with E-state index in [9.17, 15) is 18.0 Å². The van der Waals surface area contributed by atoms with Gasteiger partial charge in [-0.25, -0.2) is 4.98 Å². The first-order valence-corrected chi connectivity index (χ1v) is 6.66. The van der Waals surface area contributed by atoms with Crippen LogP contribution in [0.15, 0.2) is 47.3 Å². The van der Waals surface area contributed by atoms with Gasteiger partial charge in [-0.3, -0.25) is 9.36 Å². The minimum Gasteiger partial charge on any atom is -0.288 e. The monoisotopic (exact) mass is 302 g/mol. The van der Waals surface area contributed by atoms with E-state index in [2.05, 4.69) is 4.98 Å². The maximum Gasteiger partial charge on any atom is 0.416 e. The van der Waals surface area contributed by atoms with Crippen LogP contribution in [-0.2, 0) is 12.7 Å². The van der Waals surface area contributed by atoms with Gasteiger partial charge in [-0.1, -0.05) is 24.3 Å². The fourth-order valence-corrected chi connectivity index (χ4v) is 2.91. The average molecular weight is 302 g/mol. The van der Waals surface area contributed by atoms with Crippen LogP contribution in [0.2, 0.25) is 0 Å². The zero-order valence-corrected chi connectivity index (χ0v) is 11.2. The van der Waals surface area contributed by atoms with Crippen molar-refractivity contribution in [3.63, 3.8) is 0 Å². The average Bonchev–Trinajstić information content (AvgIpc) is 2.85. The Bertz CT molecular complexity index is 973. The molecule has 110 valence electrons. The highest BCUT2D eigenvalue weighted by Crippen LogP contribution is 2.39. The van der Waals surface area contributed by atoms with Crippen LogP contribution in [0, 0.1) is 0 Å². The molecule has 0 aliphatic carbocycles. The van der Waals surface area contributed by atoms with Crippen LogP contribution in [0.25, 0.3) is 22.3 Å². The van der Waals surface area contributed by atoms with E-state index in [1.807, 2.05) is 0 Å². The van der Waals surface area contributed by atoms with Gasteiger partial charge in [0.05, 0.1) is 23.0 Å². The van der Waals surface area contributed by atoms with Gasteiger partial charge in [-0.05, 0) is 23.8 Å². The zero-order valence-electron chi connectivity index (χ0n) is 11.2. The van der Waals surface area contributed by atoms with Crippen molar-refractivity contribution in [2.45, 2.75) is 12.7 Å². The summed E-state index contributed by atoms with van der Waals surface area (Å²) in [6.45, 7) is -0.100. The number of nitrogens with zero attached hydrogens (tertiary/aromatic N) is 2. The van der Waals surface area contributed by atoms with E-state index < -0.39 is 11.7 Å². The number of benzene rings is 2. The molecule has 0 bridgehead atoms. The second-order valence-corrected chi connectivity index (χ2v) is 5.17. The Hall–Kier alpha value is -2.63. The Morgan fingerprint density at radius 1 is 1.05 bits per heavy atom. The highest BCUT2D eigenvalue weighted by molar-refractivity contribution is 5.81. The second-order valence-electron chi connectivity index (χ2n) is 5.17. The van der Waals surface area contributed by atoms with Crippen molar-refractivity contribution in [1.29, 1.82) is 0 Å². The van der Waals surface area contributed by atoms with Gasteiger partial charge >= 0.3 is 6.18 Å². The molecule has 0 atom stereocenters. The Morgan fingerprint density at radius 3 is 2.59 bits per heavy atom. The highest BCUT2D eigenvalue weighted by atomic mass is 19.4. The summed E-state index contributed by atoms with van der Waals surface area (Å²) in [5.41, 5.74) is -0.0551. The number of fused-ring (bicyclic) bond motifs is 4. The number of aromatic nitrogens is 2. The zero-order chi connectivity index (χ0) is 15.5. The first kappa shape index (κ1) is 13.1. The van der Waals surface area contributed by atoms with Crippen LogP contribution in [0.5, 0.6) is 0 Å². The second kappa shape index (κ2) is 4.19. The quantitative estimate of drug-likeness (QED) is 0.499. The normalized spacial score (nSPS) is 13.2. The fraction of sp³-hybridized carbons (Fsp3) is 0.125. The Balaban J connectivity index is 2.06. The minimum absolute atomic E-state index is 0.100. The molecule has 0 unspecified atom stereocenters. The molecule has 1 aliphatic rings. The van der Waals surface area contributed by atoms with Crippen molar-refractivity contribution in [1.82, 2.24) is 9.55 Å². The van der Waals surface area contributed by atoms with E-state index in [1.165, 1.54) is 10.6 Å². The number of alkyl halides is 3. The number of hydrogen-bond acceptors (Lipinski definition) is 2. The van der Waals surface area contributed by atoms with Gasteiger partial charge in [0.1, 0.15) is 5.82 Å². The molecule has 3 aromatic rings. The van der Waals surface area contributed by atoms with Crippen LogP contribution in [0.4, 0.5) is 13.2 Å². The lowest BCUT2D eigenvalue weighted by molar-refractivity contribution is -0.138. The van der Waals surface area contributed by atoms with Crippen molar-refractivity contribution in [2.24, 2.45) is 0 Å². The maximum atomic E-state index is 13.1. The molecular weight excluding hydrogens is 293 g/mol. The van der Waals surface area contributed by atoms with Crippen molar-refractivity contribution in [3.05, 3.63) is 63.9 Å². The molecule has 0 saturated heterocycles. The third-order valence-electron chi connectivity index (χ3n) is 3.90. The molecule has 3 nitrogen and oxygen atoms in total. The standard InChI is InChI=1S/C16H9F3N2O/c17-16(18,19)12-6-3-5-9-11(12)8-21-14(9)20-13-7-2-1-4-10(13)15(21)22/h1-7H,8H2. The number of hydrogen-bond donors (Lipinski definition) is 0. The number of rotatable bonds is 0. The summed E-state index contributed by atoms with van der Waals surface area (Å²) in [6, 6.07) is 10.7. The van der Waals surface area contributed by atoms with E-state index >= 15 is 0 Å². The smallest absolute Gasteiger partial charge is 0.288 e. The Morgan fingerprint density at radius 2 is 1.82 bits per heavy atom. The topological polar surface area (TPSA) is 34.9 Å². The third-order valence-corrected chi connectivity index (χ3v) is 3.90. The molecule has 0 spiro atoms. The van der Waals surface area contributed by atoms with E-state index in [0.29, 0.717) is 22.3 Å². The molecule has 0 radical (unpaired) electrons. The lowest BCUT2D eigenvalue weighted by Gasteiger charge is -2.10. The molecule has 0 amide bonds. The number of halogens is 3. The number of para-hydroxylation sites is 1. The summed E-state index contributed by atoms with van der Waals surface area (Å²) in [7, 11) is 0. The van der Waals surface area contributed by atoms with Crippen LogP contribution < -0.4 is 5.56 Å². The molecule has 0 saturated carbocycles. The van der Waals surface area contributed by atoms with Crippen LogP contribution in [0.3, 0.4) is 0 Å². The lowest BCUT2D eigenvalue weighted by Crippen LogP contribution is -2.20. The summed E-state index contributed by atoms with van der Waals surface area (Å²) in [6.07, 6.45) is -4.45. The van der Waals surface area contributed by atoms with Crippen LogP contribution in [-0.4, -0.2) is 9.55 Å². The molecule has 0 N–H and O–H groups in total. The van der Waals surface area contributed by atoms with Gasteiger partial charge in [-0.15, -0.1) is 0 Å². The van der Waals surface area contributed by atoms with E-state index in [1.54, 1.807) is 30.3 Å². The molecule has 4 rings (SSSR count). The largest absolute Gasteiger partial charge is 0.416 e. The Kier molecular flexibility index (Phi) is 2.49. The summed E-state index contributed by atoms with van der Waals surface area (Å²) < 4.78 is 40.7. The molecule has 1 aromatic heterocycles. The summed E-state index contributed by atoms with van der Waals surface area (Å²) >= 11 is 0. The predicted molar refractivity (Wildman–Crippen MR) is 75.5 cm³/mol. The maximum absolute atomic E-state index is 13.1. The van der Waals surface area contributed by atoms with E-state index in [4.69, 9.17) is 0 Å². The van der Waals surface area contributed by atoms with Crippen molar-refractivity contribution in [2.75, 3.05) is 0 Å². The third kappa shape index (κ3) is 1.70. The molecule has 22 heavy (non-hydrogen) atoms. The molecule has 1 aliphatic heterocycles. The molecule has 2 aromatic carbocycles. The first-order chi connectivity index (χ1) is 10.5. The first-order valence-electron chi connectivity index (χ1n) is 6.66. The van der Waals surface area contributed by atoms with Gasteiger partial charge in [0.2, 0.25) is 0 Å². The molecule has 2 heterocycles. The Labute approximate surface area is 122 Å².